The summed E-state index contributed by atoms with van der Waals surface area (Å²) in [5, 5.41) is 0. The van der Waals surface area contributed by atoms with Crippen LogP contribution >= 0.6 is 0 Å². The molecule has 0 saturated carbocycles. The van der Waals surface area contributed by atoms with E-state index in [9.17, 15) is 0 Å². The van der Waals surface area contributed by atoms with E-state index in [1.54, 1.807) is 0 Å². The van der Waals surface area contributed by atoms with Crippen LogP contribution in [0.25, 0.3) is 0 Å². The molecule has 0 amide bonds. The second-order valence-electron chi connectivity index (χ2n) is 5.71. The molecule has 1 rings (SSSR count). The van der Waals surface area contributed by atoms with Crippen molar-refractivity contribution >= 4 is 8.07 Å². The lowest BCUT2D eigenvalue weighted by molar-refractivity contribution is 0.496. The fourth-order valence-corrected chi connectivity index (χ4v) is 3.35. The van der Waals surface area contributed by atoms with Gasteiger partial charge in [-0.05, 0) is 25.1 Å². The first-order valence-electron chi connectivity index (χ1n) is 6.04. The van der Waals surface area contributed by atoms with E-state index < -0.39 is 8.07 Å². The molecule has 1 aromatic rings. The van der Waals surface area contributed by atoms with Gasteiger partial charge in [-0.15, -0.1) is 0 Å². The van der Waals surface area contributed by atoms with Crippen molar-refractivity contribution in [3.63, 3.8) is 0 Å². The quantitative estimate of drug-likeness (QED) is 0.435. The Balaban J connectivity index is 2.34. The van der Waals surface area contributed by atoms with Gasteiger partial charge in [0.2, 0.25) is 0 Å². The number of rotatable bonds is 4. The standard InChI is InChI=1S/C15H22OSi/c1-13(12-17(3,4)5)8-6-7-9-15-11-10-14(2)16-15/h10-11H,1,8-9,12H2,2-5H3. The van der Waals surface area contributed by atoms with Crippen LogP contribution in [0.3, 0.4) is 0 Å². The minimum Gasteiger partial charge on any atom is -0.465 e. The lowest BCUT2D eigenvalue weighted by Crippen LogP contribution is -2.19. The van der Waals surface area contributed by atoms with Crippen LogP contribution < -0.4 is 0 Å². The van der Waals surface area contributed by atoms with Crippen molar-refractivity contribution < 1.29 is 4.42 Å². The van der Waals surface area contributed by atoms with E-state index in [1.165, 1.54) is 11.6 Å². The zero-order valence-electron chi connectivity index (χ0n) is 11.4. The summed E-state index contributed by atoms with van der Waals surface area (Å²) in [5.41, 5.74) is 1.27. The smallest absolute Gasteiger partial charge is 0.116 e. The van der Waals surface area contributed by atoms with E-state index >= 15 is 0 Å². The summed E-state index contributed by atoms with van der Waals surface area (Å²) in [4.78, 5) is 0. The van der Waals surface area contributed by atoms with Crippen LogP contribution in [0.15, 0.2) is 28.7 Å². The monoisotopic (exact) mass is 246 g/mol. The Morgan fingerprint density at radius 3 is 2.53 bits per heavy atom. The molecule has 0 spiro atoms. The van der Waals surface area contributed by atoms with E-state index in [4.69, 9.17) is 4.42 Å². The fourth-order valence-electron chi connectivity index (χ4n) is 1.73. The lowest BCUT2D eigenvalue weighted by atomic mass is 10.2. The number of aryl methyl sites for hydroxylation is 1. The molecular weight excluding hydrogens is 224 g/mol. The second-order valence-corrected chi connectivity index (χ2v) is 11.2. The van der Waals surface area contributed by atoms with Gasteiger partial charge in [-0.1, -0.05) is 43.6 Å². The highest BCUT2D eigenvalue weighted by molar-refractivity contribution is 6.76. The summed E-state index contributed by atoms with van der Waals surface area (Å²) in [6.07, 6.45) is 1.53. The van der Waals surface area contributed by atoms with Crippen LogP contribution in [0.1, 0.15) is 17.9 Å². The molecule has 17 heavy (non-hydrogen) atoms. The van der Waals surface area contributed by atoms with Crippen LogP contribution in [-0.4, -0.2) is 8.07 Å². The summed E-state index contributed by atoms with van der Waals surface area (Å²) >= 11 is 0. The molecule has 0 bridgehead atoms. The van der Waals surface area contributed by atoms with Gasteiger partial charge in [0.1, 0.15) is 11.5 Å². The number of hydrogen-bond acceptors (Lipinski definition) is 1. The van der Waals surface area contributed by atoms with Crippen molar-refractivity contribution in [1.82, 2.24) is 0 Å². The number of hydrogen-bond donors (Lipinski definition) is 0. The first-order chi connectivity index (χ1) is 7.87. The molecular formula is C15H22OSi. The summed E-state index contributed by atoms with van der Waals surface area (Å²) in [7, 11) is -1.03. The summed E-state index contributed by atoms with van der Waals surface area (Å²) in [6, 6.07) is 5.13. The molecule has 0 saturated heterocycles. The molecule has 0 aliphatic rings. The molecule has 0 fully saturated rings. The van der Waals surface area contributed by atoms with Crippen LogP contribution in [0.4, 0.5) is 0 Å². The molecule has 0 N–H and O–H groups in total. The molecule has 1 nitrogen and oxygen atoms in total. The van der Waals surface area contributed by atoms with Crippen LogP contribution in [0, 0.1) is 18.8 Å². The van der Waals surface area contributed by atoms with Gasteiger partial charge in [0.05, 0.1) is 6.42 Å². The third-order valence-corrected chi connectivity index (χ3v) is 3.86. The minimum atomic E-state index is -1.03. The molecule has 0 aliphatic carbocycles. The maximum absolute atomic E-state index is 5.45. The predicted molar refractivity (Wildman–Crippen MR) is 76.8 cm³/mol. The van der Waals surface area contributed by atoms with Crippen molar-refractivity contribution in [2.24, 2.45) is 0 Å². The number of furan rings is 1. The zero-order chi connectivity index (χ0) is 12.9. The zero-order valence-corrected chi connectivity index (χ0v) is 12.4. The second kappa shape index (κ2) is 5.93. The SMILES string of the molecule is C=C(CC#CCc1ccc(C)o1)C[Si](C)(C)C. The molecule has 2 heteroatoms. The highest BCUT2D eigenvalue weighted by atomic mass is 28.3. The molecule has 92 valence electrons. The van der Waals surface area contributed by atoms with Gasteiger partial charge in [0.15, 0.2) is 0 Å². The van der Waals surface area contributed by atoms with Gasteiger partial charge < -0.3 is 4.42 Å². The summed E-state index contributed by atoms with van der Waals surface area (Å²) < 4.78 is 5.45. The maximum Gasteiger partial charge on any atom is 0.116 e. The molecule has 0 atom stereocenters. The fraction of sp³-hybridized carbons (Fsp3) is 0.467. The van der Waals surface area contributed by atoms with E-state index in [2.05, 4.69) is 38.1 Å². The minimum absolute atomic E-state index is 0.702. The maximum atomic E-state index is 5.45. The predicted octanol–water partition coefficient (Wildman–Crippen LogP) is 4.42. The Labute approximate surface area is 106 Å². The highest BCUT2D eigenvalue weighted by Gasteiger charge is 2.13. The average Bonchev–Trinajstić information content (AvgIpc) is 2.56. The summed E-state index contributed by atoms with van der Waals surface area (Å²) in [6.45, 7) is 13.1. The molecule has 0 radical (unpaired) electrons. The average molecular weight is 246 g/mol. The Morgan fingerprint density at radius 2 is 2.00 bits per heavy atom. The van der Waals surface area contributed by atoms with Gasteiger partial charge in [-0.25, -0.2) is 0 Å². The van der Waals surface area contributed by atoms with Crippen LogP contribution in [0.5, 0.6) is 0 Å². The largest absolute Gasteiger partial charge is 0.465 e. The van der Waals surface area contributed by atoms with Crippen LogP contribution in [0.2, 0.25) is 25.7 Å². The normalized spacial score (nSPS) is 10.8. The molecule has 1 heterocycles. The van der Waals surface area contributed by atoms with Crippen molar-refractivity contribution in [2.75, 3.05) is 0 Å². The van der Waals surface area contributed by atoms with E-state index in [-0.39, 0.29) is 0 Å². The highest BCUT2D eigenvalue weighted by Crippen LogP contribution is 2.16. The first-order valence-corrected chi connectivity index (χ1v) is 9.75. The van der Waals surface area contributed by atoms with Crippen molar-refractivity contribution in [1.29, 1.82) is 0 Å². The first kappa shape index (κ1) is 13.9. The topological polar surface area (TPSA) is 13.1 Å². The third kappa shape index (κ3) is 6.18. The number of allylic oxidation sites excluding steroid dienone is 1. The Morgan fingerprint density at radius 1 is 1.29 bits per heavy atom. The van der Waals surface area contributed by atoms with Crippen molar-refractivity contribution in [3.8, 4) is 11.8 Å². The van der Waals surface area contributed by atoms with E-state index in [0.717, 1.165) is 17.9 Å². The summed E-state index contributed by atoms with van der Waals surface area (Å²) in [5.74, 6) is 8.22. The molecule has 0 aromatic carbocycles. The van der Waals surface area contributed by atoms with Gasteiger partial charge in [-0.2, -0.15) is 0 Å². The van der Waals surface area contributed by atoms with Crippen molar-refractivity contribution in [2.45, 2.75) is 45.5 Å². The van der Waals surface area contributed by atoms with E-state index in [0.29, 0.717) is 6.42 Å². The van der Waals surface area contributed by atoms with Crippen molar-refractivity contribution in [3.05, 3.63) is 35.8 Å². The van der Waals surface area contributed by atoms with E-state index in [1.807, 2.05) is 19.1 Å². The third-order valence-electron chi connectivity index (χ3n) is 2.30. The molecule has 0 aliphatic heterocycles. The Kier molecular flexibility index (Phi) is 4.83. The Bertz CT molecular complexity index is 437. The molecule has 1 aromatic heterocycles. The lowest BCUT2D eigenvalue weighted by Gasteiger charge is -2.15. The molecule has 0 unspecified atom stereocenters. The Hall–Kier alpha value is -1.20. The van der Waals surface area contributed by atoms with Gasteiger partial charge in [-0.3, -0.25) is 0 Å². The van der Waals surface area contributed by atoms with Crippen LogP contribution in [-0.2, 0) is 6.42 Å². The van der Waals surface area contributed by atoms with Gasteiger partial charge >= 0.3 is 0 Å². The van der Waals surface area contributed by atoms with Gasteiger partial charge in [0, 0.05) is 14.5 Å². The van der Waals surface area contributed by atoms with Gasteiger partial charge in [0.25, 0.3) is 0 Å².